The van der Waals surface area contributed by atoms with Crippen LogP contribution in [-0.4, -0.2) is 0 Å². The van der Waals surface area contributed by atoms with Crippen molar-refractivity contribution in [1.29, 1.82) is 0 Å². The lowest BCUT2D eigenvalue weighted by molar-refractivity contribution is 0.525. The third-order valence-electron chi connectivity index (χ3n) is 3.01. The van der Waals surface area contributed by atoms with Gasteiger partial charge in [-0.3, -0.25) is 0 Å². The zero-order valence-corrected chi connectivity index (χ0v) is 11.4. The molecule has 0 spiro atoms. The smallest absolute Gasteiger partial charge is 0.134 e. The first-order valence-corrected chi connectivity index (χ1v) is 6.59. The lowest BCUT2D eigenvalue weighted by atomic mass is 10.1. The number of furan rings is 1. The Labute approximate surface area is 120 Å². The summed E-state index contributed by atoms with van der Waals surface area (Å²) >= 11 is 11.9. The summed E-state index contributed by atoms with van der Waals surface area (Å²) < 4.78 is 5.75. The van der Waals surface area contributed by atoms with E-state index in [0.717, 1.165) is 16.5 Å². The van der Waals surface area contributed by atoms with Crippen molar-refractivity contribution in [3.63, 3.8) is 0 Å². The van der Waals surface area contributed by atoms with Gasteiger partial charge in [0.15, 0.2) is 0 Å². The van der Waals surface area contributed by atoms with Gasteiger partial charge in [-0.1, -0.05) is 35.3 Å². The fraction of sp³-hybridized carbons (Fsp3) is 0.0667. The summed E-state index contributed by atoms with van der Waals surface area (Å²) in [6.45, 7) is 0. The predicted molar refractivity (Wildman–Crippen MR) is 78.7 cm³/mol. The summed E-state index contributed by atoms with van der Waals surface area (Å²) in [5, 5.41) is 2.28. The van der Waals surface area contributed by atoms with Crippen LogP contribution in [0.5, 0.6) is 0 Å². The van der Waals surface area contributed by atoms with Crippen LogP contribution in [0.1, 0.15) is 17.4 Å². The summed E-state index contributed by atoms with van der Waals surface area (Å²) in [5.74, 6) is 0.694. The molecular weight excluding hydrogens is 281 g/mol. The summed E-state index contributed by atoms with van der Waals surface area (Å²) in [7, 11) is 0. The molecule has 3 rings (SSSR count). The van der Waals surface area contributed by atoms with Gasteiger partial charge in [0.25, 0.3) is 0 Å². The number of benzene rings is 2. The maximum Gasteiger partial charge on any atom is 0.134 e. The van der Waals surface area contributed by atoms with E-state index in [1.165, 1.54) is 0 Å². The van der Waals surface area contributed by atoms with Crippen LogP contribution >= 0.6 is 23.2 Å². The van der Waals surface area contributed by atoms with Gasteiger partial charge in [-0.25, -0.2) is 0 Å². The average molecular weight is 292 g/mol. The topological polar surface area (TPSA) is 39.2 Å². The van der Waals surface area contributed by atoms with Crippen LogP contribution in [0.25, 0.3) is 11.0 Å². The molecule has 1 unspecified atom stereocenters. The Morgan fingerprint density at radius 2 is 1.74 bits per heavy atom. The van der Waals surface area contributed by atoms with Gasteiger partial charge in [-0.15, -0.1) is 0 Å². The van der Waals surface area contributed by atoms with Crippen LogP contribution in [0.4, 0.5) is 0 Å². The summed E-state index contributed by atoms with van der Waals surface area (Å²) in [5.41, 5.74) is 7.89. The van der Waals surface area contributed by atoms with E-state index < -0.39 is 0 Å². The Kier molecular flexibility index (Phi) is 3.23. The van der Waals surface area contributed by atoms with Gasteiger partial charge in [-0.05, 0) is 42.0 Å². The molecule has 0 aliphatic rings. The fourth-order valence-electron chi connectivity index (χ4n) is 2.05. The minimum Gasteiger partial charge on any atom is -0.459 e. The Balaban J connectivity index is 2.04. The SMILES string of the molecule is NC(c1cccc(Cl)c1)c1cc2cc(Cl)ccc2o1. The van der Waals surface area contributed by atoms with Crippen LogP contribution in [0.3, 0.4) is 0 Å². The van der Waals surface area contributed by atoms with E-state index in [-0.39, 0.29) is 6.04 Å². The Morgan fingerprint density at radius 3 is 2.53 bits per heavy atom. The summed E-state index contributed by atoms with van der Waals surface area (Å²) in [6.07, 6.45) is 0. The molecule has 0 saturated carbocycles. The third kappa shape index (κ3) is 2.47. The van der Waals surface area contributed by atoms with Gasteiger partial charge in [-0.2, -0.15) is 0 Å². The molecule has 0 fully saturated rings. The highest BCUT2D eigenvalue weighted by Crippen LogP contribution is 2.29. The molecule has 0 aliphatic heterocycles. The lowest BCUT2D eigenvalue weighted by Crippen LogP contribution is -2.10. The fourth-order valence-corrected chi connectivity index (χ4v) is 2.43. The van der Waals surface area contributed by atoms with Crippen LogP contribution in [0.15, 0.2) is 52.9 Å². The number of hydrogen-bond donors (Lipinski definition) is 1. The molecule has 0 bridgehead atoms. The first kappa shape index (κ1) is 12.5. The lowest BCUT2D eigenvalue weighted by Gasteiger charge is -2.08. The van der Waals surface area contributed by atoms with Crippen molar-refractivity contribution in [2.75, 3.05) is 0 Å². The quantitative estimate of drug-likeness (QED) is 0.737. The first-order chi connectivity index (χ1) is 9.13. The molecule has 96 valence electrons. The normalized spacial score (nSPS) is 12.8. The molecule has 2 aromatic carbocycles. The molecule has 3 aromatic rings. The van der Waals surface area contributed by atoms with E-state index in [0.29, 0.717) is 15.8 Å². The molecule has 2 N–H and O–H groups in total. The van der Waals surface area contributed by atoms with Gasteiger partial charge in [0.1, 0.15) is 11.3 Å². The van der Waals surface area contributed by atoms with E-state index in [4.69, 9.17) is 33.4 Å². The average Bonchev–Trinajstić information content (AvgIpc) is 2.80. The van der Waals surface area contributed by atoms with Crippen molar-refractivity contribution >= 4 is 34.2 Å². The van der Waals surface area contributed by atoms with Crippen molar-refractivity contribution < 1.29 is 4.42 Å². The first-order valence-electron chi connectivity index (χ1n) is 5.83. The van der Waals surface area contributed by atoms with Crippen LogP contribution in [0, 0.1) is 0 Å². The standard InChI is InChI=1S/C15H11Cl2NO/c16-11-3-1-2-9(6-11)15(18)14-8-10-7-12(17)4-5-13(10)19-14/h1-8,15H,18H2. The molecule has 4 heteroatoms. The van der Waals surface area contributed by atoms with E-state index in [1.807, 2.05) is 42.5 Å². The molecule has 0 radical (unpaired) electrons. The predicted octanol–water partition coefficient (Wildman–Crippen LogP) is 4.79. The maximum atomic E-state index is 6.20. The number of nitrogens with two attached hydrogens (primary N) is 1. The number of rotatable bonds is 2. The zero-order chi connectivity index (χ0) is 13.4. The van der Waals surface area contributed by atoms with Crippen molar-refractivity contribution in [1.82, 2.24) is 0 Å². The minimum absolute atomic E-state index is 0.343. The van der Waals surface area contributed by atoms with Crippen molar-refractivity contribution in [3.05, 3.63) is 69.9 Å². The van der Waals surface area contributed by atoms with Crippen molar-refractivity contribution in [2.24, 2.45) is 5.73 Å². The zero-order valence-electron chi connectivity index (χ0n) is 9.94. The van der Waals surface area contributed by atoms with Gasteiger partial charge in [0, 0.05) is 15.4 Å². The van der Waals surface area contributed by atoms with Gasteiger partial charge in [0.2, 0.25) is 0 Å². The molecule has 19 heavy (non-hydrogen) atoms. The van der Waals surface area contributed by atoms with E-state index >= 15 is 0 Å². The number of halogens is 2. The van der Waals surface area contributed by atoms with Crippen LogP contribution in [-0.2, 0) is 0 Å². The van der Waals surface area contributed by atoms with Crippen molar-refractivity contribution in [2.45, 2.75) is 6.04 Å². The monoisotopic (exact) mass is 291 g/mol. The van der Waals surface area contributed by atoms with Crippen LogP contribution in [0.2, 0.25) is 10.0 Å². The Morgan fingerprint density at radius 1 is 0.947 bits per heavy atom. The molecule has 0 aliphatic carbocycles. The maximum absolute atomic E-state index is 6.20. The second kappa shape index (κ2) is 4.89. The number of hydrogen-bond acceptors (Lipinski definition) is 2. The Hall–Kier alpha value is -1.48. The molecule has 1 atom stereocenters. The van der Waals surface area contributed by atoms with Crippen molar-refractivity contribution in [3.8, 4) is 0 Å². The van der Waals surface area contributed by atoms with E-state index in [1.54, 1.807) is 6.07 Å². The molecule has 1 heterocycles. The minimum atomic E-state index is -0.343. The van der Waals surface area contributed by atoms with E-state index in [2.05, 4.69) is 0 Å². The van der Waals surface area contributed by atoms with Crippen LogP contribution < -0.4 is 5.73 Å². The summed E-state index contributed by atoms with van der Waals surface area (Å²) in [4.78, 5) is 0. The van der Waals surface area contributed by atoms with Gasteiger partial charge < -0.3 is 10.2 Å². The molecule has 0 saturated heterocycles. The third-order valence-corrected chi connectivity index (χ3v) is 3.48. The molecule has 1 aromatic heterocycles. The highest BCUT2D eigenvalue weighted by Gasteiger charge is 2.14. The van der Waals surface area contributed by atoms with E-state index in [9.17, 15) is 0 Å². The largest absolute Gasteiger partial charge is 0.459 e. The second-order valence-corrected chi connectivity index (χ2v) is 5.24. The Bertz CT molecular complexity index is 736. The summed E-state index contributed by atoms with van der Waals surface area (Å²) in [6, 6.07) is 14.5. The molecule has 0 amide bonds. The molecular formula is C15H11Cl2NO. The van der Waals surface area contributed by atoms with Gasteiger partial charge >= 0.3 is 0 Å². The second-order valence-electron chi connectivity index (χ2n) is 4.36. The highest BCUT2D eigenvalue weighted by atomic mass is 35.5. The van der Waals surface area contributed by atoms with Gasteiger partial charge in [0.05, 0.1) is 6.04 Å². The molecule has 2 nitrogen and oxygen atoms in total. The number of fused-ring (bicyclic) bond motifs is 1. The highest BCUT2D eigenvalue weighted by molar-refractivity contribution is 6.31.